The van der Waals surface area contributed by atoms with E-state index in [1.807, 2.05) is 25.6 Å². The first-order valence-corrected chi connectivity index (χ1v) is 7.91. The summed E-state index contributed by atoms with van der Waals surface area (Å²) in [6, 6.07) is 8.44. The smallest absolute Gasteiger partial charge is 0.159 e. The second-order valence-corrected chi connectivity index (χ2v) is 6.03. The SMILES string of the molecule is CCSc1ccc(-c2nc(C)c(CCN)c(C)n2)cc1. The van der Waals surface area contributed by atoms with E-state index in [0.29, 0.717) is 6.54 Å². The molecule has 2 rings (SSSR count). The van der Waals surface area contributed by atoms with Crippen LogP contribution in [0, 0.1) is 13.8 Å². The van der Waals surface area contributed by atoms with Gasteiger partial charge >= 0.3 is 0 Å². The van der Waals surface area contributed by atoms with Crippen LogP contribution < -0.4 is 5.73 Å². The van der Waals surface area contributed by atoms with Crippen LogP contribution in [0.5, 0.6) is 0 Å². The average molecular weight is 287 g/mol. The van der Waals surface area contributed by atoms with Gasteiger partial charge in [-0.05, 0) is 50.3 Å². The molecule has 0 fully saturated rings. The lowest BCUT2D eigenvalue weighted by atomic mass is 10.1. The summed E-state index contributed by atoms with van der Waals surface area (Å²) >= 11 is 1.84. The first-order valence-electron chi connectivity index (χ1n) is 6.93. The fourth-order valence-corrected chi connectivity index (χ4v) is 2.90. The first-order chi connectivity index (χ1) is 9.65. The van der Waals surface area contributed by atoms with E-state index in [-0.39, 0.29) is 0 Å². The van der Waals surface area contributed by atoms with Crippen LogP contribution in [0.3, 0.4) is 0 Å². The van der Waals surface area contributed by atoms with E-state index in [0.717, 1.165) is 34.9 Å². The Morgan fingerprint density at radius 1 is 1.05 bits per heavy atom. The second-order valence-electron chi connectivity index (χ2n) is 4.69. The van der Waals surface area contributed by atoms with Gasteiger partial charge in [0.15, 0.2) is 5.82 Å². The molecule has 0 spiro atoms. The van der Waals surface area contributed by atoms with Crippen LogP contribution in [-0.4, -0.2) is 22.3 Å². The summed E-state index contributed by atoms with van der Waals surface area (Å²) < 4.78 is 0. The van der Waals surface area contributed by atoms with Crippen LogP contribution in [0.15, 0.2) is 29.2 Å². The molecule has 4 heteroatoms. The molecule has 1 aromatic heterocycles. The Morgan fingerprint density at radius 3 is 2.15 bits per heavy atom. The van der Waals surface area contributed by atoms with Crippen molar-refractivity contribution in [1.29, 1.82) is 0 Å². The Balaban J connectivity index is 2.33. The van der Waals surface area contributed by atoms with E-state index >= 15 is 0 Å². The minimum Gasteiger partial charge on any atom is -0.330 e. The molecule has 0 aliphatic carbocycles. The number of aromatic nitrogens is 2. The molecule has 1 heterocycles. The largest absolute Gasteiger partial charge is 0.330 e. The van der Waals surface area contributed by atoms with Crippen molar-refractivity contribution < 1.29 is 0 Å². The van der Waals surface area contributed by atoms with Gasteiger partial charge in [-0.2, -0.15) is 0 Å². The van der Waals surface area contributed by atoms with Gasteiger partial charge in [-0.15, -0.1) is 11.8 Å². The molecule has 0 saturated carbocycles. The van der Waals surface area contributed by atoms with Gasteiger partial charge in [0.2, 0.25) is 0 Å². The van der Waals surface area contributed by atoms with E-state index in [1.165, 1.54) is 10.5 Å². The van der Waals surface area contributed by atoms with Gasteiger partial charge in [0.1, 0.15) is 0 Å². The Kier molecular flexibility index (Phi) is 5.15. The summed E-state index contributed by atoms with van der Waals surface area (Å²) in [5, 5.41) is 0. The standard InChI is InChI=1S/C16H21N3S/c1-4-20-14-7-5-13(6-8-14)16-18-11(2)15(9-10-17)12(3)19-16/h5-8H,4,9-10,17H2,1-3H3. The lowest BCUT2D eigenvalue weighted by Crippen LogP contribution is -2.09. The maximum Gasteiger partial charge on any atom is 0.159 e. The molecule has 0 aliphatic rings. The van der Waals surface area contributed by atoms with Crippen LogP contribution >= 0.6 is 11.8 Å². The Morgan fingerprint density at radius 2 is 1.65 bits per heavy atom. The molecule has 0 unspecified atom stereocenters. The van der Waals surface area contributed by atoms with Crippen LogP contribution in [0.4, 0.5) is 0 Å². The van der Waals surface area contributed by atoms with Gasteiger partial charge in [0.05, 0.1) is 0 Å². The zero-order valence-electron chi connectivity index (χ0n) is 12.3. The van der Waals surface area contributed by atoms with Crippen LogP contribution in [0.2, 0.25) is 0 Å². The number of aryl methyl sites for hydroxylation is 2. The first kappa shape index (κ1) is 15.0. The molecule has 0 bridgehead atoms. The van der Waals surface area contributed by atoms with Gasteiger partial charge in [-0.25, -0.2) is 9.97 Å². The van der Waals surface area contributed by atoms with Crippen molar-refractivity contribution in [2.75, 3.05) is 12.3 Å². The van der Waals surface area contributed by atoms with Crippen LogP contribution in [-0.2, 0) is 6.42 Å². The molecule has 0 atom stereocenters. The predicted molar refractivity (Wildman–Crippen MR) is 86.1 cm³/mol. The zero-order valence-corrected chi connectivity index (χ0v) is 13.1. The van der Waals surface area contributed by atoms with Gasteiger partial charge in [-0.3, -0.25) is 0 Å². The number of hydrogen-bond donors (Lipinski definition) is 1. The topological polar surface area (TPSA) is 51.8 Å². The number of rotatable bonds is 5. The summed E-state index contributed by atoms with van der Waals surface area (Å²) in [5.74, 6) is 1.89. The number of thioether (sulfide) groups is 1. The Hall–Kier alpha value is -1.39. The summed E-state index contributed by atoms with van der Waals surface area (Å²) in [6.45, 7) is 6.85. The highest BCUT2D eigenvalue weighted by molar-refractivity contribution is 7.99. The summed E-state index contributed by atoms with van der Waals surface area (Å²) in [5.41, 5.74) is 9.94. The quantitative estimate of drug-likeness (QED) is 0.857. The lowest BCUT2D eigenvalue weighted by molar-refractivity contribution is 0.898. The van der Waals surface area contributed by atoms with Crippen LogP contribution in [0.25, 0.3) is 11.4 Å². The highest BCUT2D eigenvalue weighted by Crippen LogP contribution is 2.23. The third-order valence-electron chi connectivity index (χ3n) is 3.24. The fraction of sp³-hybridized carbons (Fsp3) is 0.375. The molecular formula is C16H21N3S. The Labute approximate surface area is 125 Å². The number of nitrogens with zero attached hydrogens (tertiary/aromatic N) is 2. The minimum atomic E-state index is 0.632. The minimum absolute atomic E-state index is 0.632. The summed E-state index contributed by atoms with van der Waals surface area (Å²) in [4.78, 5) is 10.5. The van der Waals surface area contributed by atoms with Crippen molar-refractivity contribution in [2.24, 2.45) is 5.73 Å². The Bertz CT molecular complexity index is 556. The van der Waals surface area contributed by atoms with E-state index in [9.17, 15) is 0 Å². The number of benzene rings is 1. The van der Waals surface area contributed by atoms with Crippen molar-refractivity contribution >= 4 is 11.8 Å². The second kappa shape index (κ2) is 6.86. The molecule has 0 amide bonds. The fourth-order valence-electron chi connectivity index (χ4n) is 2.24. The van der Waals surface area contributed by atoms with E-state index in [2.05, 4.69) is 41.2 Å². The third kappa shape index (κ3) is 3.38. The predicted octanol–water partition coefficient (Wildman–Crippen LogP) is 3.37. The zero-order chi connectivity index (χ0) is 14.5. The van der Waals surface area contributed by atoms with Crippen molar-refractivity contribution in [2.45, 2.75) is 32.1 Å². The number of nitrogens with two attached hydrogens (primary N) is 1. The summed E-state index contributed by atoms with van der Waals surface area (Å²) in [6.07, 6.45) is 0.837. The molecule has 0 aliphatic heterocycles. The molecule has 106 valence electrons. The van der Waals surface area contributed by atoms with Crippen molar-refractivity contribution in [3.05, 3.63) is 41.2 Å². The lowest BCUT2D eigenvalue weighted by Gasteiger charge is -2.10. The molecule has 3 nitrogen and oxygen atoms in total. The van der Waals surface area contributed by atoms with E-state index in [4.69, 9.17) is 5.73 Å². The molecular weight excluding hydrogens is 266 g/mol. The summed E-state index contributed by atoms with van der Waals surface area (Å²) in [7, 11) is 0. The third-order valence-corrected chi connectivity index (χ3v) is 4.13. The van der Waals surface area contributed by atoms with Gasteiger partial charge < -0.3 is 5.73 Å². The molecule has 20 heavy (non-hydrogen) atoms. The molecule has 1 aromatic carbocycles. The van der Waals surface area contributed by atoms with Gasteiger partial charge in [0, 0.05) is 21.8 Å². The maximum absolute atomic E-state index is 5.63. The van der Waals surface area contributed by atoms with E-state index < -0.39 is 0 Å². The van der Waals surface area contributed by atoms with Gasteiger partial charge in [0.25, 0.3) is 0 Å². The van der Waals surface area contributed by atoms with Crippen molar-refractivity contribution in [1.82, 2.24) is 9.97 Å². The molecule has 0 radical (unpaired) electrons. The molecule has 2 N–H and O–H groups in total. The van der Waals surface area contributed by atoms with Crippen molar-refractivity contribution in [3.8, 4) is 11.4 Å². The van der Waals surface area contributed by atoms with Crippen molar-refractivity contribution in [3.63, 3.8) is 0 Å². The van der Waals surface area contributed by atoms with Gasteiger partial charge in [-0.1, -0.05) is 19.1 Å². The average Bonchev–Trinajstić information content (AvgIpc) is 2.44. The monoisotopic (exact) mass is 287 g/mol. The highest BCUT2D eigenvalue weighted by Gasteiger charge is 2.09. The highest BCUT2D eigenvalue weighted by atomic mass is 32.2. The molecule has 2 aromatic rings. The normalized spacial score (nSPS) is 10.8. The van der Waals surface area contributed by atoms with Crippen LogP contribution in [0.1, 0.15) is 23.9 Å². The molecule has 0 saturated heterocycles. The van der Waals surface area contributed by atoms with E-state index in [1.54, 1.807) is 0 Å². The number of hydrogen-bond acceptors (Lipinski definition) is 4. The maximum atomic E-state index is 5.63.